The van der Waals surface area contributed by atoms with E-state index in [4.69, 9.17) is 4.74 Å². The number of hydrogen-bond donors (Lipinski definition) is 0. The number of ether oxygens (including phenoxy) is 1. The summed E-state index contributed by atoms with van der Waals surface area (Å²) in [6.45, 7) is 8.10. The lowest BCUT2D eigenvalue weighted by atomic mass is 9.81. The van der Waals surface area contributed by atoms with Gasteiger partial charge in [-0.3, -0.25) is 0 Å². The van der Waals surface area contributed by atoms with Gasteiger partial charge in [0, 0.05) is 6.61 Å². The molecular weight excluding hydrogens is 406 g/mol. The highest BCUT2D eigenvalue weighted by Crippen LogP contribution is 2.38. The van der Waals surface area contributed by atoms with Gasteiger partial charge in [-0.15, -0.1) is 0 Å². The molecule has 1 atom stereocenters. The van der Waals surface area contributed by atoms with E-state index < -0.39 is 29.1 Å². The van der Waals surface area contributed by atoms with Crippen molar-refractivity contribution < 1.29 is 31.1 Å². The maximum atomic E-state index is 13.2. The first-order chi connectivity index (χ1) is 13.8. The van der Waals surface area contributed by atoms with E-state index in [0.29, 0.717) is 13.0 Å². The third kappa shape index (κ3) is 8.86. The third-order valence-corrected chi connectivity index (χ3v) is 5.54. The summed E-state index contributed by atoms with van der Waals surface area (Å²) >= 11 is 0. The molecule has 0 aliphatic carbocycles. The topological polar surface area (TPSA) is 9.23 Å². The van der Waals surface area contributed by atoms with Gasteiger partial charge in [0.2, 0.25) is 0 Å². The van der Waals surface area contributed by atoms with Crippen LogP contribution in [0.4, 0.5) is 26.3 Å². The van der Waals surface area contributed by atoms with Gasteiger partial charge in [0.15, 0.2) is 0 Å². The van der Waals surface area contributed by atoms with Crippen molar-refractivity contribution in [1.82, 2.24) is 0 Å². The van der Waals surface area contributed by atoms with E-state index in [-0.39, 0.29) is 24.0 Å². The van der Waals surface area contributed by atoms with Crippen LogP contribution >= 0.6 is 0 Å². The van der Waals surface area contributed by atoms with Gasteiger partial charge in [-0.25, -0.2) is 0 Å². The Bertz CT molecular complexity index is 601. The molecule has 0 heterocycles. The van der Waals surface area contributed by atoms with Crippen molar-refractivity contribution in [3.63, 3.8) is 0 Å². The van der Waals surface area contributed by atoms with Crippen molar-refractivity contribution >= 4 is 0 Å². The summed E-state index contributed by atoms with van der Waals surface area (Å²) in [4.78, 5) is 0. The van der Waals surface area contributed by atoms with E-state index >= 15 is 0 Å². The second-order valence-electron chi connectivity index (χ2n) is 8.41. The van der Waals surface area contributed by atoms with Crippen molar-refractivity contribution in [2.24, 2.45) is 5.92 Å². The average molecular weight is 441 g/mol. The van der Waals surface area contributed by atoms with Gasteiger partial charge < -0.3 is 4.74 Å². The maximum absolute atomic E-state index is 13.2. The number of alkyl halides is 6. The number of rotatable bonds is 12. The van der Waals surface area contributed by atoms with Crippen LogP contribution in [0.5, 0.6) is 0 Å². The normalized spacial score (nSPS) is 14.2. The quantitative estimate of drug-likeness (QED) is 0.234. The molecule has 0 bridgehead atoms. The van der Waals surface area contributed by atoms with Crippen LogP contribution in [0.15, 0.2) is 18.2 Å². The molecule has 0 aliphatic heterocycles. The summed E-state index contributed by atoms with van der Waals surface area (Å²) in [5.74, 6) is -0.187. The van der Waals surface area contributed by atoms with Crippen LogP contribution in [0.3, 0.4) is 0 Å². The highest BCUT2D eigenvalue weighted by atomic mass is 19.4. The fourth-order valence-electron chi connectivity index (χ4n) is 3.78. The van der Waals surface area contributed by atoms with Crippen molar-refractivity contribution in [2.45, 2.75) is 97.0 Å². The first-order valence-electron chi connectivity index (χ1n) is 10.7. The fourth-order valence-corrected chi connectivity index (χ4v) is 3.78. The molecule has 0 fully saturated rings. The van der Waals surface area contributed by atoms with Crippen molar-refractivity contribution in [2.75, 3.05) is 6.61 Å². The van der Waals surface area contributed by atoms with Gasteiger partial charge in [0.25, 0.3) is 0 Å². The van der Waals surface area contributed by atoms with Gasteiger partial charge in [0.05, 0.1) is 16.7 Å². The maximum Gasteiger partial charge on any atom is 0.416 e. The Labute approximate surface area is 176 Å². The predicted octanol–water partition coefficient (Wildman–Crippen LogP) is 8.45. The van der Waals surface area contributed by atoms with Crippen LogP contribution in [0.25, 0.3) is 0 Å². The van der Waals surface area contributed by atoms with Gasteiger partial charge in [0.1, 0.15) is 0 Å². The Balaban J connectivity index is 3.09. The summed E-state index contributed by atoms with van der Waals surface area (Å²) in [7, 11) is 0. The van der Waals surface area contributed by atoms with Gasteiger partial charge in [-0.05, 0) is 63.3 Å². The lowest BCUT2D eigenvalue weighted by Gasteiger charge is -2.35. The van der Waals surface area contributed by atoms with E-state index in [9.17, 15) is 26.3 Å². The Kier molecular flexibility index (Phi) is 10.2. The van der Waals surface area contributed by atoms with Crippen LogP contribution in [0.2, 0.25) is 0 Å². The molecule has 7 heteroatoms. The van der Waals surface area contributed by atoms with E-state index in [1.807, 2.05) is 20.8 Å². The van der Waals surface area contributed by atoms with Crippen LogP contribution in [-0.2, 0) is 23.5 Å². The van der Waals surface area contributed by atoms with Crippen molar-refractivity contribution in [3.05, 3.63) is 34.9 Å². The van der Waals surface area contributed by atoms with E-state index in [2.05, 4.69) is 6.92 Å². The molecule has 0 aromatic heterocycles. The highest BCUT2D eigenvalue weighted by molar-refractivity contribution is 5.34. The van der Waals surface area contributed by atoms with Crippen molar-refractivity contribution in [1.29, 1.82) is 0 Å². The Hall–Kier alpha value is -1.24. The van der Waals surface area contributed by atoms with Gasteiger partial charge in [-0.2, -0.15) is 26.3 Å². The standard InChI is InChI=1S/C23H34F6O/c1-5-7-8-9-10-11-12-18(21(3,4)30-6-2)13-17-14-19(22(24,25)26)16-20(15-17)23(27,28)29/h14-16,18H,5-13H2,1-4H3. The predicted molar refractivity (Wildman–Crippen MR) is 107 cm³/mol. The minimum absolute atomic E-state index is 0.0425. The van der Waals surface area contributed by atoms with Crippen LogP contribution in [-0.4, -0.2) is 12.2 Å². The SMILES string of the molecule is CCCCCCCCC(Cc1cc(C(F)(F)F)cc(C(F)(F)F)c1)C(C)(C)OCC. The van der Waals surface area contributed by atoms with Crippen LogP contribution in [0.1, 0.15) is 89.3 Å². The Morgan fingerprint density at radius 1 is 0.767 bits per heavy atom. The summed E-state index contributed by atoms with van der Waals surface area (Å²) < 4.78 is 84.9. The molecule has 1 unspecified atom stereocenters. The summed E-state index contributed by atoms with van der Waals surface area (Å²) in [6, 6.07) is 1.86. The largest absolute Gasteiger partial charge is 0.416 e. The molecule has 1 aromatic carbocycles. The molecule has 0 radical (unpaired) electrons. The Morgan fingerprint density at radius 3 is 1.73 bits per heavy atom. The zero-order valence-electron chi connectivity index (χ0n) is 18.3. The van der Waals surface area contributed by atoms with Crippen LogP contribution < -0.4 is 0 Å². The molecule has 0 aliphatic rings. The number of halogens is 6. The molecule has 174 valence electrons. The molecule has 0 spiro atoms. The fraction of sp³-hybridized carbons (Fsp3) is 0.739. The number of hydrogen-bond acceptors (Lipinski definition) is 1. The lowest BCUT2D eigenvalue weighted by Crippen LogP contribution is -2.36. The molecule has 30 heavy (non-hydrogen) atoms. The second kappa shape index (κ2) is 11.4. The minimum atomic E-state index is -4.83. The van der Waals surface area contributed by atoms with E-state index in [1.54, 1.807) is 0 Å². The minimum Gasteiger partial charge on any atom is -0.376 e. The van der Waals surface area contributed by atoms with Crippen molar-refractivity contribution in [3.8, 4) is 0 Å². The van der Waals surface area contributed by atoms with E-state index in [0.717, 1.165) is 44.2 Å². The lowest BCUT2D eigenvalue weighted by molar-refractivity contribution is -0.143. The summed E-state index contributed by atoms with van der Waals surface area (Å²) in [6.07, 6.45) is -2.48. The number of benzene rings is 1. The summed E-state index contributed by atoms with van der Waals surface area (Å²) in [5.41, 5.74) is -3.13. The Morgan fingerprint density at radius 2 is 1.27 bits per heavy atom. The molecular formula is C23H34F6O. The molecule has 1 nitrogen and oxygen atoms in total. The zero-order chi connectivity index (χ0) is 23.0. The molecule has 0 saturated carbocycles. The third-order valence-electron chi connectivity index (χ3n) is 5.54. The molecule has 1 rings (SSSR count). The van der Waals surface area contributed by atoms with Crippen LogP contribution in [0, 0.1) is 5.92 Å². The molecule has 0 saturated heterocycles. The first kappa shape index (κ1) is 26.8. The first-order valence-corrected chi connectivity index (χ1v) is 10.7. The average Bonchev–Trinajstić information content (AvgIpc) is 2.61. The van der Waals surface area contributed by atoms with Gasteiger partial charge in [-0.1, -0.05) is 45.4 Å². The highest BCUT2D eigenvalue weighted by Gasteiger charge is 2.38. The second-order valence-corrected chi connectivity index (χ2v) is 8.41. The molecule has 0 amide bonds. The molecule has 1 aromatic rings. The number of unbranched alkanes of at least 4 members (excludes halogenated alkanes) is 5. The summed E-state index contributed by atoms with van der Waals surface area (Å²) in [5, 5.41) is 0. The van der Waals surface area contributed by atoms with E-state index in [1.165, 1.54) is 6.42 Å². The smallest absolute Gasteiger partial charge is 0.376 e. The monoisotopic (exact) mass is 440 g/mol. The molecule has 0 N–H and O–H groups in total. The zero-order valence-corrected chi connectivity index (χ0v) is 18.3. The van der Waals surface area contributed by atoms with Gasteiger partial charge >= 0.3 is 12.4 Å².